The Morgan fingerprint density at radius 1 is 1.43 bits per heavy atom. The first kappa shape index (κ1) is 15.6. The first-order valence-electron chi connectivity index (χ1n) is 8.21. The van der Waals surface area contributed by atoms with Crippen LogP contribution in [-0.4, -0.2) is 42.5 Å². The maximum atomic E-state index is 12.5. The molecule has 1 saturated heterocycles. The predicted octanol–water partition coefficient (Wildman–Crippen LogP) is 2.14. The fraction of sp³-hybridized carbons (Fsp3) is 0.529. The minimum absolute atomic E-state index is 0.0779. The molecule has 0 aromatic carbocycles. The molecule has 0 unspecified atom stereocenters. The highest BCUT2D eigenvalue weighted by atomic mass is 16.3. The number of urea groups is 1. The average molecular weight is 317 g/mol. The Morgan fingerprint density at radius 3 is 3.09 bits per heavy atom. The van der Waals surface area contributed by atoms with E-state index >= 15 is 0 Å². The third kappa shape index (κ3) is 3.57. The third-order valence-electron chi connectivity index (χ3n) is 4.56. The Morgan fingerprint density at radius 2 is 2.30 bits per heavy atom. The van der Waals surface area contributed by atoms with Gasteiger partial charge in [0.1, 0.15) is 11.8 Å². The highest BCUT2D eigenvalue weighted by Crippen LogP contribution is 2.26. The van der Waals surface area contributed by atoms with E-state index in [-0.39, 0.29) is 11.9 Å². The highest BCUT2D eigenvalue weighted by Gasteiger charge is 2.27. The summed E-state index contributed by atoms with van der Waals surface area (Å²) in [6.45, 7) is 3.95. The van der Waals surface area contributed by atoms with Crippen LogP contribution in [0, 0.1) is 0 Å². The SMILES string of the molecule is CC1=C(c2ccco2)CN(C(=O)N[C@@H]2CCCCNC2=O)CC1. The molecule has 3 amide bonds. The molecule has 23 heavy (non-hydrogen) atoms. The Bertz CT molecular complexity index is 607. The molecule has 0 bridgehead atoms. The van der Waals surface area contributed by atoms with Crippen molar-refractivity contribution in [3.8, 4) is 0 Å². The summed E-state index contributed by atoms with van der Waals surface area (Å²) in [4.78, 5) is 26.2. The summed E-state index contributed by atoms with van der Waals surface area (Å²) in [5.74, 6) is 0.734. The molecule has 0 spiro atoms. The lowest BCUT2D eigenvalue weighted by Crippen LogP contribution is -2.51. The molecule has 2 aliphatic rings. The van der Waals surface area contributed by atoms with Gasteiger partial charge in [-0.1, -0.05) is 5.57 Å². The molecule has 6 nitrogen and oxygen atoms in total. The number of amides is 3. The molecule has 2 N–H and O–H groups in total. The van der Waals surface area contributed by atoms with Crippen molar-refractivity contribution in [3.63, 3.8) is 0 Å². The molecule has 0 saturated carbocycles. The van der Waals surface area contributed by atoms with Crippen LogP contribution >= 0.6 is 0 Å². The Balaban J connectivity index is 1.65. The van der Waals surface area contributed by atoms with E-state index in [9.17, 15) is 9.59 Å². The number of furan rings is 1. The lowest BCUT2D eigenvalue weighted by Gasteiger charge is -2.30. The van der Waals surface area contributed by atoms with Gasteiger partial charge in [0.25, 0.3) is 0 Å². The van der Waals surface area contributed by atoms with Crippen molar-refractivity contribution in [3.05, 3.63) is 29.7 Å². The zero-order valence-electron chi connectivity index (χ0n) is 13.4. The number of carbonyl (C=O) groups excluding carboxylic acids is 2. The predicted molar refractivity (Wildman–Crippen MR) is 86.7 cm³/mol. The fourth-order valence-corrected chi connectivity index (χ4v) is 3.09. The van der Waals surface area contributed by atoms with Crippen molar-refractivity contribution in [2.45, 2.75) is 38.6 Å². The molecule has 1 aromatic heterocycles. The standard InChI is InChI=1S/C17H23N3O3/c1-12-7-9-20(11-13(12)15-6-4-10-23-15)17(22)19-14-5-2-3-8-18-16(14)21/h4,6,10,14H,2-3,5,7-9,11H2,1H3,(H,18,21)(H,19,22)/t14-/m1/s1. The summed E-state index contributed by atoms with van der Waals surface area (Å²) in [6.07, 6.45) is 5.07. The van der Waals surface area contributed by atoms with E-state index in [1.165, 1.54) is 5.57 Å². The van der Waals surface area contributed by atoms with Gasteiger partial charge < -0.3 is 20.0 Å². The molecule has 1 atom stereocenters. The first-order chi connectivity index (χ1) is 11.1. The van der Waals surface area contributed by atoms with E-state index in [1.807, 2.05) is 12.1 Å². The molecular formula is C17H23N3O3. The van der Waals surface area contributed by atoms with Crippen LogP contribution in [0.1, 0.15) is 38.4 Å². The number of nitrogens with zero attached hydrogens (tertiary/aromatic N) is 1. The van der Waals surface area contributed by atoms with E-state index in [0.29, 0.717) is 26.1 Å². The second-order valence-corrected chi connectivity index (χ2v) is 6.20. The van der Waals surface area contributed by atoms with Gasteiger partial charge in [0, 0.05) is 18.7 Å². The maximum Gasteiger partial charge on any atom is 0.318 e. The molecule has 0 aliphatic carbocycles. The van der Waals surface area contributed by atoms with E-state index in [0.717, 1.165) is 30.6 Å². The molecule has 124 valence electrons. The molecule has 3 heterocycles. The monoisotopic (exact) mass is 317 g/mol. The Hall–Kier alpha value is -2.24. The second-order valence-electron chi connectivity index (χ2n) is 6.20. The number of hydrogen-bond donors (Lipinski definition) is 2. The van der Waals surface area contributed by atoms with Crippen LogP contribution < -0.4 is 10.6 Å². The van der Waals surface area contributed by atoms with Crippen LogP contribution in [-0.2, 0) is 4.79 Å². The summed E-state index contributed by atoms with van der Waals surface area (Å²) in [6, 6.07) is 3.16. The van der Waals surface area contributed by atoms with Crippen molar-refractivity contribution in [1.29, 1.82) is 0 Å². The Kier molecular flexibility index (Phi) is 4.69. The molecule has 3 rings (SSSR count). The number of hydrogen-bond acceptors (Lipinski definition) is 3. The normalized spacial score (nSPS) is 22.6. The van der Waals surface area contributed by atoms with Crippen molar-refractivity contribution in [2.24, 2.45) is 0 Å². The summed E-state index contributed by atoms with van der Waals surface area (Å²) in [5, 5.41) is 5.73. The fourth-order valence-electron chi connectivity index (χ4n) is 3.09. The highest BCUT2D eigenvalue weighted by molar-refractivity contribution is 5.88. The quantitative estimate of drug-likeness (QED) is 0.877. The smallest absolute Gasteiger partial charge is 0.318 e. The summed E-state index contributed by atoms with van der Waals surface area (Å²) >= 11 is 0. The molecule has 0 radical (unpaired) electrons. The van der Waals surface area contributed by atoms with Gasteiger partial charge in [0.05, 0.1) is 12.8 Å². The van der Waals surface area contributed by atoms with Gasteiger partial charge in [0.15, 0.2) is 0 Å². The molecular weight excluding hydrogens is 294 g/mol. The van der Waals surface area contributed by atoms with Crippen LogP contribution in [0.3, 0.4) is 0 Å². The van der Waals surface area contributed by atoms with Gasteiger partial charge in [-0.05, 0) is 44.7 Å². The summed E-state index contributed by atoms with van der Waals surface area (Å²) in [7, 11) is 0. The van der Waals surface area contributed by atoms with E-state index in [2.05, 4.69) is 17.6 Å². The number of rotatable bonds is 2. The Labute approximate surface area is 135 Å². The topological polar surface area (TPSA) is 74.6 Å². The van der Waals surface area contributed by atoms with Gasteiger partial charge in [-0.15, -0.1) is 0 Å². The number of carbonyl (C=O) groups is 2. The molecule has 6 heteroatoms. The zero-order chi connectivity index (χ0) is 16.2. The third-order valence-corrected chi connectivity index (χ3v) is 4.56. The van der Waals surface area contributed by atoms with Gasteiger partial charge in [0.2, 0.25) is 5.91 Å². The molecule has 2 aliphatic heterocycles. The van der Waals surface area contributed by atoms with Crippen LogP contribution in [0.25, 0.3) is 5.57 Å². The van der Waals surface area contributed by atoms with E-state index < -0.39 is 6.04 Å². The van der Waals surface area contributed by atoms with Crippen molar-refractivity contribution in [2.75, 3.05) is 19.6 Å². The van der Waals surface area contributed by atoms with Crippen molar-refractivity contribution < 1.29 is 14.0 Å². The first-order valence-corrected chi connectivity index (χ1v) is 8.21. The van der Waals surface area contributed by atoms with Crippen molar-refractivity contribution >= 4 is 17.5 Å². The zero-order valence-corrected chi connectivity index (χ0v) is 13.4. The maximum absolute atomic E-state index is 12.5. The molecule has 1 fully saturated rings. The second kappa shape index (κ2) is 6.89. The van der Waals surface area contributed by atoms with Crippen molar-refractivity contribution in [1.82, 2.24) is 15.5 Å². The van der Waals surface area contributed by atoms with Crippen LogP contribution in [0.2, 0.25) is 0 Å². The van der Waals surface area contributed by atoms with Gasteiger partial charge in [-0.25, -0.2) is 4.79 Å². The van der Waals surface area contributed by atoms with E-state index in [1.54, 1.807) is 11.2 Å². The minimum atomic E-state index is -0.427. The number of nitrogens with one attached hydrogen (secondary N) is 2. The van der Waals surface area contributed by atoms with Crippen LogP contribution in [0.4, 0.5) is 4.79 Å². The summed E-state index contributed by atoms with van der Waals surface area (Å²) < 4.78 is 5.47. The van der Waals surface area contributed by atoms with Crippen LogP contribution in [0.5, 0.6) is 0 Å². The van der Waals surface area contributed by atoms with Gasteiger partial charge in [-0.2, -0.15) is 0 Å². The van der Waals surface area contributed by atoms with Crippen LogP contribution in [0.15, 0.2) is 28.4 Å². The molecule has 1 aromatic rings. The van der Waals surface area contributed by atoms with E-state index in [4.69, 9.17) is 4.42 Å². The minimum Gasteiger partial charge on any atom is -0.465 e. The lowest BCUT2D eigenvalue weighted by molar-refractivity contribution is -0.122. The average Bonchev–Trinajstić information content (AvgIpc) is 3.00. The summed E-state index contributed by atoms with van der Waals surface area (Å²) in [5.41, 5.74) is 2.30. The van der Waals surface area contributed by atoms with Gasteiger partial charge >= 0.3 is 6.03 Å². The van der Waals surface area contributed by atoms with Gasteiger partial charge in [-0.3, -0.25) is 4.79 Å². The largest absolute Gasteiger partial charge is 0.465 e. The lowest BCUT2D eigenvalue weighted by atomic mass is 10.00.